The van der Waals surface area contributed by atoms with Crippen molar-refractivity contribution in [3.8, 4) is 0 Å². The van der Waals surface area contributed by atoms with Crippen LogP contribution in [-0.4, -0.2) is 51.7 Å². The maximum Gasteiger partial charge on any atom is 0.331 e. The second kappa shape index (κ2) is 8.29. The molecule has 6 nitrogen and oxygen atoms in total. The predicted octanol–water partition coefficient (Wildman–Crippen LogP) is 1.91. The zero-order valence-electron chi connectivity index (χ0n) is 15.8. The van der Waals surface area contributed by atoms with Crippen molar-refractivity contribution in [2.24, 2.45) is 0 Å². The number of carbonyl (C=O) groups excluding carboxylic acids is 1. The van der Waals surface area contributed by atoms with Crippen molar-refractivity contribution in [1.29, 1.82) is 0 Å². The van der Waals surface area contributed by atoms with Gasteiger partial charge in [-0.1, -0.05) is 6.07 Å². The van der Waals surface area contributed by atoms with Crippen LogP contribution < -0.4 is 10.0 Å². The Morgan fingerprint density at radius 2 is 1.78 bits per heavy atom. The van der Waals surface area contributed by atoms with Crippen molar-refractivity contribution in [1.82, 2.24) is 9.62 Å². The van der Waals surface area contributed by atoms with Gasteiger partial charge in [0.2, 0.25) is 0 Å². The Labute approximate surface area is 163 Å². The number of nitrogens with one attached hydrogen (secondary N) is 2. The minimum absolute atomic E-state index is 0.00270. The van der Waals surface area contributed by atoms with Gasteiger partial charge in [0.25, 0.3) is 0 Å². The second-order valence-electron chi connectivity index (χ2n) is 7.90. The van der Waals surface area contributed by atoms with E-state index in [0.717, 1.165) is 76.7 Å². The number of anilines is 1. The molecular formula is C20H29N3O3S. The van der Waals surface area contributed by atoms with Crippen LogP contribution in [-0.2, 0) is 36.7 Å². The van der Waals surface area contributed by atoms with Crippen LogP contribution in [0.4, 0.5) is 10.5 Å². The number of aliphatic hydroxyl groups excluding tert-OH is 1. The van der Waals surface area contributed by atoms with Crippen molar-refractivity contribution < 1.29 is 14.1 Å². The molecule has 1 aromatic rings. The smallest absolute Gasteiger partial charge is 0.331 e. The van der Waals surface area contributed by atoms with Crippen LogP contribution in [0.15, 0.2) is 6.07 Å². The number of urea groups is 1. The summed E-state index contributed by atoms with van der Waals surface area (Å²) in [6, 6.07) is 1.99. The van der Waals surface area contributed by atoms with Gasteiger partial charge in [-0.25, -0.2) is 9.00 Å². The maximum absolute atomic E-state index is 12.5. The molecule has 1 atom stereocenters. The number of amides is 2. The SMILES string of the molecule is O=C(Nc1c2c(cc3c1CCC3)CCC2)NS(=O)C1CN(CCCCO)C1. The molecule has 4 rings (SSSR count). The summed E-state index contributed by atoms with van der Waals surface area (Å²) < 4.78 is 15.1. The number of hydrogen-bond donors (Lipinski definition) is 3. The Morgan fingerprint density at radius 1 is 1.11 bits per heavy atom. The minimum Gasteiger partial charge on any atom is -0.396 e. The summed E-state index contributed by atoms with van der Waals surface area (Å²) in [6.45, 7) is 2.63. The average molecular weight is 392 g/mol. The Morgan fingerprint density at radius 3 is 2.41 bits per heavy atom. The minimum atomic E-state index is -1.36. The molecule has 7 heteroatoms. The lowest BCUT2D eigenvalue weighted by Gasteiger charge is -2.38. The quantitative estimate of drug-likeness (QED) is 0.620. The van der Waals surface area contributed by atoms with Crippen molar-refractivity contribution >= 4 is 22.7 Å². The number of hydrogen-bond acceptors (Lipinski definition) is 4. The third-order valence-electron chi connectivity index (χ3n) is 6.01. The summed E-state index contributed by atoms with van der Waals surface area (Å²) >= 11 is 0. The molecule has 0 aromatic heterocycles. The van der Waals surface area contributed by atoms with E-state index in [4.69, 9.17) is 5.11 Å². The number of aliphatic hydroxyl groups is 1. The molecule has 3 N–H and O–H groups in total. The van der Waals surface area contributed by atoms with Gasteiger partial charge in [-0.2, -0.15) is 0 Å². The lowest BCUT2D eigenvalue weighted by Crippen LogP contribution is -2.56. The molecule has 1 saturated heterocycles. The van der Waals surface area contributed by atoms with E-state index in [-0.39, 0.29) is 17.9 Å². The monoisotopic (exact) mass is 391 g/mol. The number of fused-ring (bicyclic) bond motifs is 2. The van der Waals surface area contributed by atoms with Crippen LogP contribution in [0.1, 0.15) is 47.9 Å². The van der Waals surface area contributed by atoms with Gasteiger partial charge in [-0.15, -0.1) is 0 Å². The van der Waals surface area contributed by atoms with Crippen molar-refractivity contribution in [2.45, 2.75) is 56.6 Å². The average Bonchev–Trinajstić information content (AvgIpc) is 3.25. The molecule has 0 saturated carbocycles. The lowest BCUT2D eigenvalue weighted by molar-refractivity contribution is 0.176. The predicted molar refractivity (Wildman–Crippen MR) is 107 cm³/mol. The molecule has 1 aliphatic heterocycles. The molecule has 0 bridgehead atoms. The highest BCUT2D eigenvalue weighted by atomic mass is 32.2. The molecule has 0 spiro atoms. The number of rotatable bonds is 7. The standard InChI is InChI=1S/C20H29N3O3S/c24-10-2-1-9-23-12-16(13-23)27(26)22-20(25)21-19-17-7-3-5-14(17)11-15-6-4-8-18(15)19/h11,16,24H,1-10,12-13H2,(H2,21,22,25). The van der Waals surface area contributed by atoms with Gasteiger partial charge < -0.3 is 15.3 Å². The molecule has 148 valence electrons. The second-order valence-corrected chi connectivity index (χ2v) is 9.37. The summed E-state index contributed by atoms with van der Waals surface area (Å²) in [5.74, 6) is 0. The van der Waals surface area contributed by atoms with Gasteiger partial charge in [0.1, 0.15) is 11.0 Å². The molecule has 1 aromatic carbocycles. The molecule has 1 fully saturated rings. The highest BCUT2D eigenvalue weighted by Gasteiger charge is 2.32. The first-order valence-corrected chi connectivity index (χ1v) is 11.3. The largest absolute Gasteiger partial charge is 0.396 e. The number of carbonyl (C=O) groups is 1. The molecule has 1 heterocycles. The van der Waals surface area contributed by atoms with Crippen molar-refractivity contribution in [2.75, 3.05) is 31.6 Å². The normalized spacial score (nSPS) is 20.0. The first kappa shape index (κ1) is 18.9. The highest BCUT2D eigenvalue weighted by Crippen LogP contribution is 2.38. The van der Waals surface area contributed by atoms with E-state index in [1.807, 2.05) is 0 Å². The number of nitrogens with zero attached hydrogens (tertiary/aromatic N) is 1. The van der Waals surface area contributed by atoms with Crippen molar-refractivity contribution in [3.05, 3.63) is 28.3 Å². The fourth-order valence-electron chi connectivity index (χ4n) is 4.57. The van der Waals surface area contributed by atoms with E-state index in [2.05, 4.69) is 21.0 Å². The van der Waals surface area contributed by atoms with Gasteiger partial charge in [-0.05, 0) is 80.2 Å². The summed E-state index contributed by atoms with van der Waals surface area (Å²) in [5.41, 5.74) is 6.32. The van der Waals surface area contributed by atoms with Gasteiger partial charge in [0.05, 0.1) is 5.25 Å². The zero-order valence-corrected chi connectivity index (χ0v) is 16.6. The van der Waals surface area contributed by atoms with Gasteiger partial charge >= 0.3 is 6.03 Å². The third kappa shape index (κ3) is 4.05. The van der Waals surface area contributed by atoms with E-state index < -0.39 is 11.0 Å². The first-order valence-electron chi connectivity index (χ1n) is 10.1. The molecule has 3 aliphatic rings. The molecule has 1 unspecified atom stereocenters. The summed E-state index contributed by atoms with van der Waals surface area (Å²) in [7, 11) is -1.36. The fraction of sp³-hybridized carbons (Fsp3) is 0.650. The Hall–Kier alpha value is -1.44. The van der Waals surface area contributed by atoms with E-state index in [0.29, 0.717) is 0 Å². The van der Waals surface area contributed by atoms with E-state index in [1.54, 1.807) is 0 Å². The van der Waals surface area contributed by atoms with Gasteiger partial charge in [0.15, 0.2) is 0 Å². The number of aryl methyl sites for hydroxylation is 2. The van der Waals surface area contributed by atoms with Crippen LogP contribution in [0.2, 0.25) is 0 Å². The van der Waals surface area contributed by atoms with Crippen LogP contribution >= 0.6 is 0 Å². The number of benzene rings is 1. The Bertz CT molecular complexity index is 714. The number of likely N-dealkylation sites (tertiary alicyclic amines) is 1. The first-order chi connectivity index (χ1) is 13.2. The van der Waals surface area contributed by atoms with Gasteiger partial charge in [0, 0.05) is 25.4 Å². The Kier molecular flexibility index (Phi) is 5.80. The van der Waals surface area contributed by atoms with E-state index in [1.165, 1.54) is 22.3 Å². The Balaban J connectivity index is 1.33. The van der Waals surface area contributed by atoms with Crippen LogP contribution in [0.3, 0.4) is 0 Å². The fourth-order valence-corrected chi connectivity index (χ4v) is 5.66. The number of unbranched alkanes of at least 4 members (excludes halogenated alkanes) is 1. The molecule has 2 amide bonds. The summed E-state index contributed by atoms with van der Waals surface area (Å²) in [4.78, 5) is 14.7. The van der Waals surface area contributed by atoms with Gasteiger partial charge in [-0.3, -0.25) is 4.72 Å². The van der Waals surface area contributed by atoms with Crippen LogP contribution in [0.5, 0.6) is 0 Å². The summed E-state index contributed by atoms with van der Waals surface area (Å²) in [5, 5.41) is 11.9. The summed E-state index contributed by atoms with van der Waals surface area (Å²) in [6.07, 6.45) is 8.28. The van der Waals surface area contributed by atoms with Crippen LogP contribution in [0.25, 0.3) is 0 Å². The van der Waals surface area contributed by atoms with E-state index >= 15 is 0 Å². The van der Waals surface area contributed by atoms with E-state index in [9.17, 15) is 9.00 Å². The third-order valence-corrected chi connectivity index (χ3v) is 7.30. The zero-order chi connectivity index (χ0) is 18.8. The van der Waals surface area contributed by atoms with Crippen LogP contribution in [0, 0.1) is 0 Å². The van der Waals surface area contributed by atoms with Crippen molar-refractivity contribution in [3.63, 3.8) is 0 Å². The lowest BCUT2D eigenvalue weighted by atomic mass is 9.99. The highest BCUT2D eigenvalue weighted by molar-refractivity contribution is 7.84. The molecule has 2 aliphatic carbocycles. The topological polar surface area (TPSA) is 81.7 Å². The maximum atomic E-state index is 12.5. The molecule has 27 heavy (non-hydrogen) atoms. The molecule has 0 radical (unpaired) electrons. The molecular weight excluding hydrogens is 362 g/mol.